The van der Waals surface area contributed by atoms with E-state index < -0.39 is 6.61 Å². The van der Waals surface area contributed by atoms with Gasteiger partial charge in [-0.2, -0.15) is 0 Å². The molecule has 0 aliphatic rings. The number of hydrogen-bond acceptors (Lipinski definition) is 9. The van der Waals surface area contributed by atoms with Crippen molar-refractivity contribution in [2.24, 2.45) is 0 Å². The highest BCUT2D eigenvalue weighted by molar-refractivity contribution is 7.17. The van der Waals surface area contributed by atoms with Crippen molar-refractivity contribution in [3.63, 3.8) is 0 Å². The average Bonchev–Trinajstić information content (AvgIpc) is 3.17. The molecule has 0 saturated heterocycles. The molecule has 30 heavy (non-hydrogen) atoms. The number of aromatic nitrogens is 3. The number of aliphatic hydroxyl groups excluding tert-OH is 1. The minimum atomic E-state index is -0.536. The fraction of sp³-hybridized carbons (Fsp3) is 0.250. The SMILES string of the molecule is Cc1nc(NCC(=O)CO)cc(Nc2ncc(C(=O)Cc3c(C)cccc3Cl)s2)n1. The van der Waals surface area contributed by atoms with Crippen LogP contribution in [0.4, 0.5) is 16.8 Å². The summed E-state index contributed by atoms with van der Waals surface area (Å²) in [6.45, 7) is 3.06. The Labute approximate surface area is 182 Å². The van der Waals surface area contributed by atoms with Gasteiger partial charge >= 0.3 is 0 Å². The number of rotatable bonds is 9. The van der Waals surface area contributed by atoms with Gasteiger partial charge in [0.1, 0.15) is 24.1 Å². The first-order chi connectivity index (χ1) is 14.4. The lowest BCUT2D eigenvalue weighted by Crippen LogP contribution is -2.18. The molecule has 0 atom stereocenters. The number of ketones is 2. The molecule has 0 amide bonds. The van der Waals surface area contributed by atoms with Gasteiger partial charge in [-0.3, -0.25) is 9.59 Å². The molecule has 156 valence electrons. The number of anilines is 3. The number of aliphatic hydroxyl groups is 1. The maximum atomic E-state index is 12.7. The number of aryl methyl sites for hydroxylation is 2. The summed E-state index contributed by atoms with van der Waals surface area (Å²) < 4.78 is 0. The summed E-state index contributed by atoms with van der Waals surface area (Å²) in [7, 11) is 0. The van der Waals surface area contributed by atoms with E-state index in [2.05, 4.69) is 25.6 Å². The lowest BCUT2D eigenvalue weighted by molar-refractivity contribution is -0.120. The molecule has 2 aromatic heterocycles. The Morgan fingerprint density at radius 3 is 2.70 bits per heavy atom. The normalized spacial score (nSPS) is 10.7. The van der Waals surface area contributed by atoms with Crippen LogP contribution >= 0.6 is 22.9 Å². The van der Waals surface area contributed by atoms with Crippen molar-refractivity contribution in [1.29, 1.82) is 0 Å². The summed E-state index contributed by atoms with van der Waals surface area (Å²) >= 11 is 7.44. The van der Waals surface area contributed by atoms with Crippen molar-refractivity contribution >= 4 is 51.3 Å². The molecule has 3 rings (SSSR count). The highest BCUT2D eigenvalue weighted by Crippen LogP contribution is 2.26. The highest BCUT2D eigenvalue weighted by atomic mass is 35.5. The van der Waals surface area contributed by atoms with E-state index in [4.69, 9.17) is 16.7 Å². The lowest BCUT2D eigenvalue weighted by atomic mass is 10.0. The summed E-state index contributed by atoms with van der Waals surface area (Å²) in [6.07, 6.45) is 1.72. The number of hydrogen-bond donors (Lipinski definition) is 3. The number of carbonyl (C=O) groups is 2. The van der Waals surface area contributed by atoms with Gasteiger partial charge in [-0.05, 0) is 31.0 Å². The summed E-state index contributed by atoms with van der Waals surface area (Å²) in [5, 5.41) is 15.8. The third kappa shape index (κ3) is 5.59. The number of carbonyl (C=O) groups excluding carboxylic acids is 2. The van der Waals surface area contributed by atoms with Crippen molar-refractivity contribution < 1.29 is 14.7 Å². The van der Waals surface area contributed by atoms with Gasteiger partial charge in [0.2, 0.25) is 0 Å². The molecule has 0 bridgehead atoms. The summed E-state index contributed by atoms with van der Waals surface area (Å²) in [5.74, 6) is 0.977. The van der Waals surface area contributed by atoms with Crippen LogP contribution < -0.4 is 10.6 Å². The molecule has 8 nitrogen and oxygen atoms in total. The molecule has 0 aliphatic carbocycles. The molecule has 3 aromatic rings. The largest absolute Gasteiger partial charge is 0.389 e. The smallest absolute Gasteiger partial charge is 0.188 e. The monoisotopic (exact) mass is 445 g/mol. The van der Waals surface area contributed by atoms with Gasteiger partial charge in [0.15, 0.2) is 16.7 Å². The van der Waals surface area contributed by atoms with Crippen LogP contribution in [0.5, 0.6) is 0 Å². The Balaban J connectivity index is 1.70. The zero-order valence-electron chi connectivity index (χ0n) is 16.4. The van der Waals surface area contributed by atoms with Crippen LogP contribution in [0, 0.1) is 13.8 Å². The summed E-state index contributed by atoms with van der Waals surface area (Å²) in [4.78, 5) is 37.2. The Kier molecular flexibility index (Phi) is 7.09. The first-order valence-corrected chi connectivity index (χ1v) is 10.3. The molecule has 0 aliphatic heterocycles. The number of benzene rings is 1. The average molecular weight is 446 g/mol. The predicted molar refractivity (Wildman–Crippen MR) is 117 cm³/mol. The van der Waals surface area contributed by atoms with Crippen LogP contribution in [0.3, 0.4) is 0 Å². The molecular formula is C20H20ClN5O3S. The van der Waals surface area contributed by atoms with Gasteiger partial charge in [0.25, 0.3) is 0 Å². The van der Waals surface area contributed by atoms with E-state index in [1.807, 2.05) is 19.1 Å². The van der Waals surface area contributed by atoms with Gasteiger partial charge in [0.05, 0.1) is 17.6 Å². The highest BCUT2D eigenvalue weighted by Gasteiger charge is 2.15. The second-order valence-corrected chi connectivity index (χ2v) is 7.96. The Morgan fingerprint density at radius 1 is 1.20 bits per heavy atom. The van der Waals surface area contributed by atoms with Crippen molar-refractivity contribution in [2.75, 3.05) is 23.8 Å². The number of thiazole rings is 1. The second kappa shape index (κ2) is 9.75. The van der Waals surface area contributed by atoms with Crippen LogP contribution in [0.15, 0.2) is 30.5 Å². The van der Waals surface area contributed by atoms with Crippen LogP contribution in [-0.4, -0.2) is 44.8 Å². The number of Topliss-reactive ketones (excluding diaryl/α,β-unsaturated/α-hetero) is 2. The van der Waals surface area contributed by atoms with Gasteiger partial charge in [-0.1, -0.05) is 35.1 Å². The second-order valence-electron chi connectivity index (χ2n) is 6.53. The Morgan fingerprint density at radius 2 is 1.97 bits per heavy atom. The minimum Gasteiger partial charge on any atom is -0.389 e. The third-order valence-electron chi connectivity index (χ3n) is 4.19. The van der Waals surface area contributed by atoms with Gasteiger partial charge < -0.3 is 15.7 Å². The van der Waals surface area contributed by atoms with E-state index in [0.29, 0.717) is 32.5 Å². The number of nitrogens with zero attached hydrogens (tertiary/aromatic N) is 3. The molecule has 0 spiro atoms. The van der Waals surface area contributed by atoms with Crippen LogP contribution in [0.2, 0.25) is 5.02 Å². The van der Waals surface area contributed by atoms with E-state index >= 15 is 0 Å². The molecule has 3 N–H and O–H groups in total. The van der Waals surface area contributed by atoms with Crippen LogP contribution in [-0.2, 0) is 11.2 Å². The van der Waals surface area contributed by atoms with E-state index in [0.717, 1.165) is 11.1 Å². The van der Waals surface area contributed by atoms with Crippen molar-refractivity contribution in [3.8, 4) is 0 Å². The molecule has 0 unspecified atom stereocenters. The maximum absolute atomic E-state index is 12.7. The van der Waals surface area contributed by atoms with E-state index in [1.54, 1.807) is 19.1 Å². The lowest BCUT2D eigenvalue weighted by Gasteiger charge is -2.08. The third-order valence-corrected chi connectivity index (χ3v) is 5.49. The summed E-state index contributed by atoms with van der Waals surface area (Å²) in [6, 6.07) is 7.17. The van der Waals surface area contributed by atoms with Crippen LogP contribution in [0.1, 0.15) is 26.6 Å². The molecule has 0 radical (unpaired) electrons. The van der Waals surface area contributed by atoms with Crippen LogP contribution in [0.25, 0.3) is 0 Å². The van der Waals surface area contributed by atoms with Gasteiger partial charge in [0, 0.05) is 17.5 Å². The van der Waals surface area contributed by atoms with Crippen molar-refractivity contribution in [1.82, 2.24) is 15.0 Å². The van der Waals surface area contributed by atoms with Gasteiger partial charge in [-0.15, -0.1) is 0 Å². The molecule has 10 heteroatoms. The topological polar surface area (TPSA) is 117 Å². The first kappa shape index (κ1) is 21.8. The van der Waals surface area contributed by atoms with Crippen molar-refractivity contribution in [3.05, 3.63) is 57.3 Å². The minimum absolute atomic E-state index is 0.0379. The first-order valence-electron chi connectivity index (χ1n) is 9.08. The van der Waals surface area contributed by atoms with E-state index in [1.165, 1.54) is 17.5 Å². The molecule has 0 saturated carbocycles. The van der Waals surface area contributed by atoms with E-state index in [9.17, 15) is 9.59 Å². The number of halogens is 1. The molecule has 0 fully saturated rings. The predicted octanol–water partition coefficient (Wildman–Crippen LogP) is 3.35. The number of nitrogens with one attached hydrogen (secondary N) is 2. The summed E-state index contributed by atoms with van der Waals surface area (Å²) in [5.41, 5.74) is 1.78. The molecule has 2 heterocycles. The fourth-order valence-corrected chi connectivity index (χ4v) is 3.73. The standard InChI is InChI=1S/C20H20ClN5O3S/c1-11-4-3-5-15(21)14(11)6-16(29)17-9-23-20(30-17)26-19-7-18(24-12(2)25-19)22-8-13(28)10-27/h3-5,7,9,27H,6,8,10H2,1-2H3,(H2,22,23,24,25,26). The molecular weight excluding hydrogens is 426 g/mol. The Hall–Kier alpha value is -2.88. The van der Waals surface area contributed by atoms with Gasteiger partial charge in [-0.25, -0.2) is 15.0 Å². The zero-order valence-corrected chi connectivity index (χ0v) is 18.0. The zero-order chi connectivity index (χ0) is 21.7. The fourth-order valence-electron chi connectivity index (χ4n) is 2.68. The Bertz CT molecular complexity index is 1070. The maximum Gasteiger partial charge on any atom is 0.188 e. The van der Waals surface area contributed by atoms with E-state index in [-0.39, 0.29) is 24.5 Å². The quantitative estimate of drug-likeness (QED) is 0.429. The van der Waals surface area contributed by atoms with Crippen molar-refractivity contribution in [2.45, 2.75) is 20.3 Å². The molecule has 1 aromatic carbocycles.